The fourth-order valence-electron chi connectivity index (χ4n) is 2.44. The van der Waals surface area contributed by atoms with E-state index in [-0.39, 0.29) is 11.3 Å². The zero-order chi connectivity index (χ0) is 15.0. The highest BCUT2D eigenvalue weighted by Crippen LogP contribution is 2.27. The maximum atomic E-state index is 11.4. The first kappa shape index (κ1) is 13.2. The van der Waals surface area contributed by atoms with Crippen LogP contribution in [0.5, 0.6) is 0 Å². The van der Waals surface area contributed by atoms with E-state index in [1.807, 2.05) is 42.6 Å². The molecule has 0 bridgehead atoms. The van der Waals surface area contributed by atoms with Crippen LogP contribution in [-0.2, 0) is 6.54 Å². The van der Waals surface area contributed by atoms with Crippen molar-refractivity contribution in [3.63, 3.8) is 0 Å². The lowest BCUT2D eigenvalue weighted by molar-refractivity contribution is 0.0700. The van der Waals surface area contributed by atoms with E-state index in [0.29, 0.717) is 12.1 Å². The molecule has 0 saturated heterocycles. The molecule has 0 aliphatic rings. The average Bonchev–Trinajstić information content (AvgIpc) is 2.82. The molecular weight excluding hydrogens is 266 g/mol. The molecule has 0 saturated carbocycles. The van der Waals surface area contributed by atoms with Crippen molar-refractivity contribution in [2.75, 3.05) is 5.73 Å². The van der Waals surface area contributed by atoms with Gasteiger partial charge in [-0.2, -0.15) is 5.10 Å². The maximum Gasteiger partial charge on any atom is 0.340 e. The van der Waals surface area contributed by atoms with Crippen molar-refractivity contribution in [1.82, 2.24) is 9.78 Å². The number of hydrogen-bond acceptors (Lipinski definition) is 3. The van der Waals surface area contributed by atoms with Gasteiger partial charge in [0.15, 0.2) is 0 Å². The summed E-state index contributed by atoms with van der Waals surface area (Å²) in [5.41, 5.74) is 8.52. The van der Waals surface area contributed by atoms with Crippen LogP contribution in [0.3, 0.4) is 0 Å². The summed E-state index contributed by atoms with van der Waals surface area (Å²) in [7, 11) is 0. The quantitative estimate of drug-likeness (QED) is 0.723. The van der Waals surface area contributed by atoms with Crippen molar-refractivity contribution < 1.29 is 9.90 Å². The molecule has 0 aliphatic carbocycles. The summed E-state index contributed by atoms with van der Waals surface area (Å²) in [4.78, 5) is 11.4. The van der Waals surface area contributed by atoms with Crippen molar-refractivity contribution in [3.8, 4) is 0 Å². The van der Waals surface area contributed by atoms with Crippen molar-refractivity contribution >= 4 is 22.6 Å². The third-order valence-electron chi connectivity index (χ3n) is 3.49. The average molecular weight is 281 g/mol. The Morgan fingerprint density at radius 3 is 2.71 bits per heavy atom. The number of aromatic nitrogens is 2. The molecule has 106 valence electrons. The van der Waals surface area contributed by atoms with Gasteiger partial charge in [-0.1, -0.05) is 30.3 Å². The van der Waals surface area contributed by atoms with Crippen LogP contribution in [0, 0.1) is 6.92 Å². The standard InChI is InChI=1S/C16H15N3O2/c1-10-7-12-9-19(8-11-5-3-2-4-6-11)18-15(12)13(14(10)17)16(20)21/h2-7,9H,8,17H2,1H3,(H,20,21). The fraction of sp³-hybridized carbons (Fsp3) is 0.125. The highest BCUT2D eigenvalue weighted by Gasteiger charge is 2.18. The lowest BCUT2D eigenvalue weighted by atomic mass is 10.0. The van der Waals surface area contributed by atoms with Crippen LogP contribution in [0.2, 0.25) is 0 Å². The zero-order valence-corrected chi connectivity index (χ0v) is 11.6. The van der Waals surface area contributed by atoms with E-state index in [2.05, 4.69) is 5.10 Å². The number of nitrogens with zero attached hydrogens (tertiary/aromatic N) is 2. The third-order valence-corrected chi connectivity index (χ3v) is 3.49. The smallest absolute Gasteiger partial charge is 0.340 e. The van der Waals surface area contributed by atoms with Crippen LogP contribution in [0.1, 0.15) is 21.5 Å². The molecule has 1 heterocycles. The molecule has 0 amide bonds. The Morgan fingerprint density at radius 2 is 2.05 bits per heavy atom. The van der Waals surface area contributed by atoms with Crippen LogP contribution >= 0.6 is 0 Å². The second-order valence-electron chi connectivity index (χ2n) is 5.04. The SMILES string of the molecule is Cc1cc2cn(Cc3ccccc3)nc2c(C(=O)O)c1N. The molecule has 3 rings (SSSR count). The highest BCUT2D eigenvalue weighted by atomic mass is 16.4. The summed E-state index contributed by atoms with van der Waals surface area (Å²) in [5, 5.41) is 14.5. The highest BCUT2D eigenvalue weighted by molar-refractivity contribution is 6.07. The first-order chi connectivity index (χ1) is 10.1. The molecule has 0 radical (unpaired) electrons. The zero-order valence-electron chi connectivity index (χ0n) is 11.6. The van der Waals surface area contributed by atoms with E-state index in [1.165, 1.54) is 0 Å². The lowest BCUT2D eigenvalue weighted by Crippen LogP contribution is -2.06. The molecule has 21 heavy (non-hydrogen) atoms. The first-order valence-corrected chi connectivity index (χ1v) is 6.59. The number of anilines is 1. The van der Waals surface area contributed by atoms with Crippen molar-refractivity contribution in [1.29, 1.82) is 0 Å². The summed E-state index contributed by atoms with van der Waals surface area (Å²) < 4.78 is 1.74. The number of carbonyl (C=O) groups is 1. The van der Waals surface area contributed by atoms with Crippen LogP contribution < -0.4 is 5.73 Å². The normalized spacial score (nSPS) is 10.9. The maximum absolute atomic E-state index is 11.4. The van der Waals surface area contributed by atoms with E-state index < -0.39 is 5.97 Å². The van der Waals surface area contributed by atoms with Crippen LogP contribution in [0.15, 0.2) is 42.6 Å². The van der Waals surface area contributed by atoms with Crippen molar-refractivity contribution in [3.05, 3.63) is 59.3 Å². The van der Waals surface area contributed by atoms with Crippen molar-refractivity contribution in [2.24, 2.45) is 0 Å². The summed E-state index contributed by atoms with van der Waals surface area (Å²) >= 11 is 0. The Morgan fingerprint density at radius 1 is 1.33 bits per heavy atom. The number of carboxylic acid groups (broad SMARTS) is 1. The van der Waals surface area contributed by atoms with Gasteiger partial charge in [0.25, 0.3) is 0 Å². The molecule has 0 aliphatic heterocycles. The van der Waals surface area contributed by atoms with Crippen LogP contribution in [0.4, 0.5) is 5.69 Å². The summed E-state index contributed by atoms with van der Waals surface area (Å²) in [5.74, 6) is -1.05. The van der Waals surface area contributed by atoms with Crippen LogP contribution in [0.25, 0.3) is 10.9 Å². The Labute approximate surface area is 121 Å². The van der Waals surface area contributed by atoms with Gasteiger partial charge < -0.3 is 10.8 Å². The predicted octanol–water partition coefficient (Wildman–Crippen LogP) is 2.67. The monoisotopic (exact) mass is 281 g/mol. The minimum absolute atomic E-state index is 0.0804. The molecular formula is C16H15N3O2. The van der Waals surface area contributed by atoms with Gasteiger partial charge in [-0.3, -0.25) is 4.68 Å². The van der Waals surface area contributed by atoms with Gasteiger partial charge in [-0.15, -0.1) is 0 Å². The first-order valence-electron chi connectivity index (χ1n) is 6.59. The summed E-state index contributed by atoms with van der Waals surface area (Å²) in [6.07, 6.45) is 1.85. The van der Waals surface area contributed by atoms with E-state index in [9.17, 15) is 9.90 Å². The minimum atomic E-state index is -1.05. The molecule has 0 fully saturated rings. The van der Waals surface area contributed by atoms with Gasteiger partial charge in [0.1, 0.15) is 11.1 Å². The van der Waals surface area contributed by atoms with Gasteiger partial charge in [0.2, 0.25) is 0 Å². The molecule has 0 atom stereocenters. The molecule has 5 nitrogen and oxygen atoms in total. The number of nitrogen functional groups attached to an aromatic ring is 1. The second kappa shape index (κ2) is 4.94. The minimum Gasteiger partial charge on any atom is -0.478 e. The Bertz CT molecular complexity index is 822. The fourth-order valence-corrected chi connectivity index (χ4v) is 2.44. The Hall–Kier alpha value is -2.82. The number of rotatable bonds is 3. The number of nitrogens with two attached hydrogens (primary N) is 1. The van der Waals surface area contributed by atoms with E-state index in [0.717, 1.165) is 16.5 Å². The molecule has 3 N–H and O–H groups in total. The predicted molar refractivity (Wildman–Crippen MR) is 81.4 cm³/mol. The van der Waals surface area contributed by atoms with Gasteiger partial charge in [0.05, 0.1) is 12.2 Å². The Balaban J connectivity index is 2.12. The van der Waals surface area contributed by atoms with E-state index in [4.69, 9.17) is 5.73 Å². The molecule has 0 spiro atoms. The van der Waals surface area contributed by atoms with Crippen LogP contribution in [-0.4, -0.2) is 20.9 Å². The van der Waals surface area contributed by atoms with Gasteiger partial charge in [-0.05, 0) is 24.1 Å². The van der Waals surface area contributed by atoms with Gasteiger partial charge in [-0.25, -0.2) is 4.79 Å². The van der Waals surface area contributed by atoms with Gasteiger partial charge in [0, 0.05) is 11.6 Å². The number of carboxylic acids is 1. The molecule has 0 unspecified atom stereocenters. The number of aryl methyl sites for hydroxylation is 1. The summed E-state index contributed by atoms with van der Waals surface area (Å²) in [6.45, 7) is 2.39. The number of fused-ring (bicyclic) bond motifs is 1. The number of hydrogen-bond donors (Lipinski definition) is 2. The number of benzene rings is 2. The number of aromatic carboxylic acids is 1. The molecule has 5 heteroatoms. The van der Waals surface area contributed by atoms with E-state index >= 15 is 0 Å². The largest absolute Gasteiger partial charge is 0.478 e. The lowest BCUT2D eigenvalue weighted by Gasteiger charge is -2.04. The molecule has 2 aromatic carbocycles. The summed E-state index contributed by atoms with van der Waals surface area (Å²) in [6, 6.07) is 11.8. The topological polar surface area (TPSA) is 81.1 Å². The molecule has 1 aromatic heterocycles. The third kappa shape index (κ3) is 2.33. The Kier molecular flexibility index (Phi) is 3.10. The second-order valence-corrected chi connectivity index (χ2v) is 5.04. The van der Waals surface area contributed by atoms with E-state index in [1.54, 1.807) is 11.6 Å². The molecule has 3 aromatic rings. The van der Waals surface area contributed by atoms with Crippen molar-refractivity contribution in [2.45, 2.75) is 13.5 Å². The van der Waals surface area contributed by atoms with Gasteiger partial charge >= 0.3 is 5.97 Å².